The molecule has 2 aromatic rings. The van der Waals surface area contributed by atoms with Crippen LogP contribution in [0.5, 0.6) is 0 Å². The Labute approximate surface area is 101 Å². The molecule has 0 aliphatic carbocycles. The summed E-state index contributed by atoms with van der Waals surface area (Å²) >= 11 is 0. The van der Waals surface area contributed by atoms with Crippen LogP contribution in [0.2, 0.25) is 0 Å². The zero-order valence-corrected chi connectivity index (χ0v) is 9.91. The normalized spacial score (nSPS) is 17.2. The highest BCUT2D eigenvalue weighted by Gasteiger charge is 2.16. The van der Waals surface area contributed by atoms with Crippen molar-refractivity contribution in [2.24, 2.45) is 0 Å². The van der Waals surface area contributed by atoms with Gasteiger partial charge in [-0.15, -0.1) is 12.4 Å². The lowest BCUT2D eigenvalue weighted by Gasteiger charge is -2.23. The second-order valence-corrected chi connectivity index (χ2v) is 4.13. The maximum Gasteiger partial charge on any atom is 0.0685 e. The molecule has 0 radical (unpaired) electrons. The van der Waals surface area contributed by atoms with E-state index in [9.17, 15) is 0 Å². The van der Waals surface area contributed by atoms with Gasteiger partial charge in [0.05, 0.1) is 17.8 Å². The Hall–Kier alpha value is -1.06. The van der Waals surface area contributed by atoms with Crippen molar-refractivity contribution in [1.82, 2.24) is 15.1 Å². The average molecular weight is 238 g/mol. The molecule has 1 aromatic heterocycles. The van der Waals surface area contributed by atoms with Gasteiger partial charge in [0.25, 0.3) is 0 Å². The van der Waals surface area contributed by atoms with E-state index in [1.165, 1.54) is 23.7 Å². The number of nitrogens with one attached hydrogen (secondary N) is 1. The van der Waals surface area contributed by atoms with E-state index in [4.69, 9.17) is 0 Å². The fraction of sp³-hybridized carbons (Fsp3) is 0.417. The van der Waals surface area contributed by atoms with Crippen molar-refractivity contribution in [1.29, 1.82) is 0 Å². The molecule has 86 valence electrons. The van der Waals surface area contributed by atoms with E-state index in [0.29, 0.717) is 6.04 Å². The molecule has 3 rings (SSSR count). The molecular weight excluding hydrogens is 222 g/mol. The molecule has 3 nitrogen and oxygen atoms in total. The largest absolute Gasteiger partial charge is 0.317 e. The number of benzene rings is 1. The van der Waals surface area contributed by atoms with Gasteiger partial charge in [-0.1, -0.05) is 18.2 Å². The predicted molar refractivity (Wildman–Crippen MR) is 68.1 cm³/mol. The van der Waals surface area contributed by atoms with Gasteiger partial charge in [0.1, 0.15) is 0 Å². The highest BCUT2D eigenvalue weighted by molar-refractivity contribution is 5.85. The van der Waals surface area contributed by atoms with E-state index in [1.54, 1.807) is 0 Å². The van der Waals surface area contributed by atoms with Crippen LogP contribution >= 0.6 is 12.4 Å². The van der Waals surface area contributed by atoms with Crippen LogP contribution < -0.4 is 5.32 Å². The molecule has 0 bridgehead atoms. The molecule has 0 saturated carbocycles. The molecule has 1 aliphatic rings. The quantitative estimate of drug-likeness (QED) is 0.826. The van der Waals surface area contributed by atoms with Crippen molar-refractivity contribution < 1.29 is 0 Å². The topological polar surface area (TPSA) is 29.9 Å². The predicted octanol–water partition coefficient (Wildman–Crippen LogP) is 2.38. The molecule has 4 heteroatoms. The van der Waals surface area contributed by atoms with E-state index >= 15 is 0 Å². The molecule has 2 heterocycles. The molecule has 1 N–H and O–H groups in total. The number of fused-ring (bicyclic) bond motifs is 1. The molecular formula is C12H16ClN3. The Balaban J connectivity index is 0.000000963. The number of hydrogen-bond acceptors (Lipinski definition) is 2. The zero-order valence-electron chi connectivity index (χ0n) is 9.10. The summed E-state index contributed by atoms with van der Waals surface area (Å²) < 4.78 is 2.19. The smallest absolute Gasteiger partial charge is 0.0685 e. The third kappa shape index (κ3) is 1.93. The summed E-state index contributed by atoms with van der Waals surface area (Å²) in [7, 11) is 0. The Morgan fingerprint density at radius 1 is 1.19 bits per heavy atom. The molecule has 0 amide bonds. The summed E-state index contributed by atoms with van der Waals surface area (Å²) in [5.74, 6) is 0. The van der Waals surface area contributed by atoms with Crippen LogP contribution in [0, 0.1) is 0 Å². The van der Waals surface area contributed by atoms with E-state index in [0.717, 1.165) is 13.1 Å². The fourth-order valence-electron chi connectivity index (χ4n) is 2.33. The van der Waals surface area contributed by atoms with Crippen molar-refractivity contribution in [2.75, 3.05) is 13.1 Å². The van der Waals surface area contributed by atoms with Crippen molar-refractivity contribution >= 4 is 23.3 Å². The number of nitrogens with zero attached hydrogens (tertiary/aromatic N) is 2. The summed E-state index contributed by atoms with van der Waals surface area (Å²) in [4.78, 5) is 0. The van der Waals surface area contributed by atoms with Gasteiger partial charge in [-0.25, -0.2) is 0 Å². The van der Waals surface area contributed by atoms with Crippen molar-refractivity contribution in [3.63, 3.8) is 0 Å². The third-order valence-electron chi connectivity index (χ3n) is 3.16. The van der Waals surface area contributed by atoms with E-state index in [1.807, 2.05) is 6.20 Å². The highest BCUT2D eigenvalue weighted by atomic mass is 35.5. The summed E-state index contributed by atoms with van der Waals surface area (Å²) in [6.07, 6.45) is 4.34. The minimum Gasteiger partial charge on any atom is -0.317 e. The molecule has 1 fully saturated rings. The Bertz CT molecular complexity index is 460. The van der Waals surface area contributed by atoms with Crippen LogP contribution in [0.4, 0.5) is 0 Å². The third-order valence-corrected chi connectivity index (χ3v) is 3.16. The monoisotopic (exact) mass is 237 g/mol. The van der Waals surface area contributed by atoms with Gasteiger partial charge in [-0.3, -0.25) is 4.68 Å². The van der Waals surface area contributed by atoms with E-state index < -0.39 is 0 Å². The van der Waals surface area contributed by atoms with Crippen LogP contribution in [0.3, 0.4) is 0 Å². The number of piperidine rings is 1. The van der Waals surface area contributed by atoms with Gasteiger partial charge in [0, 0.05) is 5.39 Å². The van der Waals surface area contributed by atoms with Crippen LogP contribution in [0.1, 0.15) is 18.9 Å². The summed E-state index contributed by atoms with van der Waals surface area (Å²) in [6.45, 7) is 2.22. The summed E-state index contributed by atoms with van der Waals surface area (Å²) in [5, 5.41) is 9.14. The minimum absolute atomic E-state index is 0. The second kappa shape index (κ2) is 4.85. The Morgan fingerprint density at radius 3 is 2.75 bits per heavy atom. The van der Waals surface area contributed by atoms with Crippen LogP contribution in [0.25, 0.3) is 10.9 Å². The first-order valence-electron chi connectivity index (χ1n) is 5.58. The van der Waals surface area contributed by atoms with Crippen molar-refractivity contribution in [2.45, 2.75) is 18.9 Å². The standard InChI is InChI=1S/C12H15N3.ClH/c1-2-4-12-10(3-1)9-14-15(12)11-5-7-13-8-6-11;/h1-4,9,11,13H,5-8H2;1H. The molecule has 16 heavy (non-hydrogen) atoms. The highest BCUT2D eigenvalue weighted by Crippen LogP contribution is 2.23. The van der Waals surface area contributed by atoms with E-state index in [-0.39, 0.29) is 12.4 Å². The zero-order chi connectivity index (χ0) is 10.1. The maximum atomic E-state index is 4.51. The lowest BCUT2D eigenvalue weighted by atomic mass is 10.1. The second-order valence-electron chi connectivity index (χ2n) is 4.13. The summed E-state index contributed by atoms with van der Waals surface area (Å²) in [6, 6.07) is 9.01. The first kappa shape index (κ1) is 11.4. The van der Waals surface area contributed by atoms with Gasteiger partial charge >= 0.3 is 0 Å². The average Bonchev–Trinajstić information content (AvgIpc) is 2.74. The van der Waals surface area contributed by atoms with Crippen LogP contribution in [-0.2, 0) is 0 Å². The number of hydrogen-bond donors (Lipinski definition) is 1. The minimum atomic E-state index is 0. The van der Waals surface area contributed by atoms with Gasteiger partial charge in [-0.05, 0) is 32.0 Å². The number of rotatable bonds is 1. The van der Waals surface area contributed by atoms with Gasteiger partial charge in [-0.2, -0.15) is 5.10 Å². The van der Waals surface area contributed by atoms with Gasteiger partial charge in [0.15, 0.2) is 0 Å². The van der Waals surface area contributed by atoms with Crippen LogP contribution in [0.15, 0.2) is 30.5 Å². The van der Waals surface area contributed by atoms with Crippen molar-refractivity contribution in [3.8, 4) is 0 Å². The Morgan fingerprint density at radius 2 is 1.94 bits per heavy atom. The molecule has 0 unspecified atom stereocenters. The maximum absolute atomic E-state index is 4.51. The van der Waals surface area contributed by atoms with E-state index in [2.05, 4.69) is 39.4 Å². The molecule has 0 atom stereocenters. The molecule has 1 saturated heterocycles. The van der Waals surface area contributed by atoms with Gasteiger partial charge in [0.2, 0.25) is 0 Å². The first-order valence-corrected chi connectivity index (χ1v) is 5.58. The molecule has 0 spiro atoms. The number of aromatic nitrogens is 2. The summed E-state index contributed by atoms with van der Waals surface area (Å²) in [5.41, 5.74) is 1.27. The molecule has 1 aromatic carbocycles. The SMILES string of the molecule is Cl.c1ccc2c(c1)cnn2C1CCNCC1. The fourth-order valence-corrected chi connectivity index (χ4v) is 2.33. The van der Waals surface area contributed by atoms with Gasteiger partial charge < -0.3 is 5.32 Å². The van der Waals surface area contributed by atoms with Crippen molar-refractivity contribution in [3.05, 3.63) is 30.5 Å². The Kier molecular flexibility index (Phi) is 3.46. The lowest BCUT2D eigenvalue weighted by molar-refractivity contribution is 0.351. The van der Waals surface area contributed by atoms with Crippen LogP contribution in [-0.4, -0.2) is 22.9 Å². The lowest BCUT2D eigenvalue weighted by Crippen LogP contribution is -2.29. The molecule has 1 aliphatic heterocycles. The first-order chi connectivity index (χ1) is 7.45. The number of para-hydroxylation sites is 1. The number of halogens is 1.